The first kappa shape index (κ1) is 26.6. The van der Waals surface area contributed by atoms with Crippen LogP contribution in [0.3, 0.4) is 0 Å². The number of piperazine rings is 1. The van der Waals surface area contributed by atoms with E-state index in [1.807, 2.05) is 4.90 Å². The molecule has 0 radical (unpaired) electrons. The molecule has 6 atom stereocenters. The molecule has 1 aromatic heterocycles. The molecule has 1 aromatic rings. The molecule has 4 aliphatic rings. The fraction of sp³-hybridized carbons (Fsp3) is 0.769. The van der Waals surface area contributed by atoms with Crippen LogP contribution in [0.25, 0.3) is 0 Å². The zero-order valence-corrected chi connectivity index (χ0v) is 20.9. The van der Waals surface area contributed by atoms with Crippen molar-refractivity contribution in [2.24, 2.45) is 17.3 Å². The molecule has 5 rings (SSSR count). The van der Waals surface area contributed by atoms with Gasteiger partial charge in [-0.2, -0.15) is 13.2 Å². The summed E-state index contributed by atoms with van der Waals surface area (Å²) in [5.41, 5.74) is -1.61. The Labute approximate surface area is 213 Å². The van der Waals surface area contributed by atoms with Crippen molar-refractivity contribution in [1.82, 2.24) is 9.88 Å². The van der Waals surface area contributed by atoms with Gasteiger partial charge in [0.25, 0.3) is 0 Å². The topological polar surface area (TPSA) is 54.9 Å². The zero-order chi connectivity index (χ0) is 26.4. The lowest BCUT2D eigenvalue weighted by molar-refractivity contribution is -0.146. The van der Waals surface area contributed by atoms with E-state index in [-0.39, 0.29) is 30.0 Å². The minimum Gasteiger partial charge on any atom is -0.379 e. The highest BCUT2D eigenvalue weighted by atomic mass is 19.4. The largest absolute Gasteiger partial charge is 0.433 e. The standard InChI is InChI=1S/C26H34F5N3O3/c1-36-21-15-37-7-4-17(21)8-16-2-5-25(11-16,12-23(27)28)24(35)34-14-19-9-20(34)13-33(19)18-3-6-32-22(10-18)26(29,30)31/h3,6,10,16-17,19-21,23H,2,4-5,7-9,11-15H2,1H3/t16-,17-,19+,20+,21-,25+/m1/s1. The summed E-state index contributed by atoms with van der Waals surface area (Å²) < 4.78 is 78.1. The number of halogens is 5. The summed E-state index contributed by atoms with van der Waals surface area (Å²) in [5, 5.41) is 0. The molecule has 4 heterocycles. The Kier molecular flexibility index (Phi) is 7.39. The summed E-state index contributed by atoms with van der Waals surface area (Å²) in [4.78, 5) is 20.9. The molecule has 11 heteroatoms. The predicted molar refractivity (Wildman–Crippen MR) is 125 cm³/mol. The average molecular weight is 532 g/mol. The molecule has 6 nitrogen and oxygen atoms in total. The van der Waals surface area contributed by atoms with Gasteiger partial charge in [-0.1, -0.05) is 0 Å². The van der Waals surface area contributed by atoms with Gasteiger partial charge in [0.2, 0.25) is 12.3 Å². The van der Waals surface area contributed by atoms with Gasteiger partial charge in [-0.05, 0) is 62.5 Å². The molecule has 1 amide bonds. The third-order valence-corrected chi connectivity index (χ3v) is 8.96. The minimum atomic E-state index is -4.54. The van der Waals surface area contributed by atoms with E-state index in [0.29, 0.717) is 57.2 Å². The number of carbonyl (C=O) groups excluding carboxylic acids is 1. The number of rotatable bonds is 7. The highest BCUT2D eigenvalue weighted by Crippen LogP contribution is 2.51. The highest BCUT2D eigenvalue weighted by molar-refractivity contribution is 5.84. The Balaban J connectivity index is 1.27. The zero-order valence-electron chi connectivity index (χ0n) is 20.9. The molecule has 0 spiro atoms. The van der Waals surface area contributed by atoms with Crippen molar-refractivity contribution < 1.29 is 36.2 Å². The van der Waals surface area contributed by atoms with Crippen LogP contribution in [0.2, 0.25) is 0 Å². The van der Waals surface area contributed by atoms with Crippen LogP contribution >= 0.6 is 0 Å². The van der Waals surface area contributed by atoms with Gasteiger partial charge < -0.3 is 19.3 Å². The van der Waals surface area contributed by atoms with Crippen LogP contribution in [-0.4, -0.2) is 73.8 Å². The van der Waals surface area contributed by atoms with Crippen LogP contribution in [0.15, 0.2) is 18.3 Å². The van der Waals surface area contributed by atoms with Crippen LogP contribution in [-0.2, 0) is 20.4 Å². The number of alkyl halides is 5. The number of ether oxygens (including phenoxy) is 2. The number of amides is 1. The maximum atomic E-state index is 13.9. The molecule has 3 saturated heterocycles. The van der Waals surface area contributed by atoms with Crippen molar-refractivity contribution in [3.63, 3.8) is 0 Å². The first-order chi connectivity index (χ1) is 17.6. The smallest absolute Gasteiger partial charge is 0.379 e. The van der Waals surface area contributed by atoms with Crippen molar-refractivity contribution >= 4 is 11.6 Å². The molecule has 3 aliphatic heterocycles. The van der Waals surface area contributed by atoms with Crippen molar-refractivity contribution in [1.29, 1.82) is 0 Å². The number of nitrogens with zero attached hydrogens (tertiary/aromatic N) is 3. The van der Waals surface area contributed by atoms with Crippen LogP contribution in [0.4, 0.5) is 27.6 Å². The summed E-state index contributed by atoms with van der Waals surface area (Å²) in [6.45, 7) is 1.93. The number of hydrogen-bond donors (Lipinski definition) is 0. The molecule has 2 bridgehead atoms. The maximum absolute atomic E-state index is 13.9. The number of pyridine rings is 1. The van der Waals surface area contributed by atoms with Crippen LogP contribution < -0.4 is 4.90 Å². The number of aromatic nitrogens is 1. The van der Waals surface area contributed by atoms with Crippen molar-refractivity contribution in [3.8, 4) is 0 Å². The van der Waals surface area contributed by atoms with E-state index in [4.69, 9.17) is 9.47 Å². The maximum Gasteiger partial charge on any atom is 0.433 e. The Bertz CT molecular complexity index is 979. The molecule has 0 aromatic carbocycles. The second kappa shape index (κ2) is 10.3. The molecule has 1 saturated carbocycles. The van der Waals surface area contributed by atoms with Gasteiger partial charge >= 0.3 is 6.18 Å². The number of likely N-dealkylation sites (tertiary alicyclic amines) is 1. The van der Waals surface area contributed by atoms with E-state index >= 15 is 0 Å². The van der Waals surface area contributed by atoms with Crippen LogP contribution in [0, 0.1) is 17.3 Å². The van der Waals surface area contributed by atoms with E-state index in [9.17, 15) is 26.7 Å². The van der Waals surface area contributed by atoms with E-state index in [0.717, 1.165) is 31.5 Å². The summed E-state index contributed by atoms with van der Waals surface area (Å²) >= 11 is 0. The molecular formula is C26H34F5N3O3. The molecular weight excluding hydrogens is 497 g/mol. The molecule has 4 fully saturated rings. The quantitative estimate of drug-likeness (QED) is 0.475. The third-order valence-electron chi connectivity index (χ3n) is 8.96. The van der Waals surface area contributed by atoms with E-state index in [1.165, 1.54) is 0 Å². The fourth-order valence-electron chi connectivity index (χ4n) is 7.20. The first-order valence-corrected chi connectivity index (χ1v) is 13.1. The van der Waals surface area contributed by atoms with Gasteiger partial charge in [-0.15, -0.1) is 0 Å². The van der Waals surface area contributed by atoms with E-state index < -0.39 is 30.1 Å². The third kappa shape index (κ3) is 5.30. The predicted octanol–water partition coefficient (Wildman–Crippen LogP) is 4.77. The lowest BCUT2D eigenvalue weighted by Crippen LogP contribution is -2.53. The molecule has 37 heavy (non-hydrogen) atoms. The van der Waals surface area contributed by atoms with Crippen molar-refractivity contribution in [2.45, 2.75) is 75.7 Å². The average Bonchev–Trinajstić information content (AvgIpc) is 3.58. The second-order valence-corrected chi connectivity index (χ2v) is 11.2. The number of anilines is 1. The summed E-state index contributed by atoms with van der Waals surface area (Å²) in [7, 11) is 1.66. The van der Waals surface area contributed by atoms with Crippen molar-refractivity contribution in [3.05, 3.63) is 24.0 Å². The Morgan fingerprint density at radius 3 is 2.76 bits per heavy atom. The normalized spacial score (nSPS) is 34.1. The summed E-state index contributed by atoms with van der Waals surface area (Å²) in [6.07, 6.45) is -2.47. The molecule has 0 unspecified atom stereocenters. The van der Waals surface area contributed by atoms with Crippen molar-refractivity contribution in [2.75, 3.05) is 38.3 Å². The second-order valence-electron chi connectivity index (χ2n) is 11.2. The number of fused-ring (bicyclic) bond motifs is 2. The number of hydrogen-bond acceptors (Lipinski definition) is 5. The van der Waals surface area contributed by atoms with Gasteiger partial charge in [0.05, 0.1) is 24.2 Å². The summed E-state index contributed by atoms with van der Waals surface area (Å²) in [6, 6.07) is 2.26. The molecule has 206 valence electrons. The number of carbonyl (C=O) groups is 1. The fourth-order valence-corrected chi connectivity index (χ4v) is 7.20. The Hall–Kier alpha value is -2.01. The lowest BCUT2D eigenvalue weighted by atomic mass is 9.78. The van der Waals surface area contributed by atoms with Gasteiger partial charge in [-0.3, -0.25) is 9.78 Å². The first-order valence-electron chi connectivity index (χ1n) is 13.1. The molecule has 1 aliphatic carbocycles. The number of methoxy groups -OCH3 is 1. The van der Waals surface area contributed by atoms with Gasteiger partial charge in [0.15, 0.2) is 0 Å². The minimum absolute atomic E-state index is 0.0131. The highest BCUT2D eigenvalue weighted by Gasteiger charge is 2.54. The lowest BCUT2D eigenvalue weighted by Gasteiger charge is -2.40. The van der Waals surface area contributed by atoms with E-state index in [2.05, 4.69) is 4.98 Å². The van der Waals surface area contributed by atoms with E-state index in [1.54, 1.807) is 18.1 Å². The molecule has 0 N–H and O–H groups in total. The van der Waals surface area contributed by atoms with Gasteiger partial charge in [0.1, 0.15) is 5.69 Å². The summed E-state index contributed by atoms with van der Waals surface area (Å²) in [5.74, 6) is 0.264. The Morgan fingerprint density at radius 1 is 1.27 bits per heavy atom. The SMILES string of the molecule is CO[C@@H]1COCC[C@@H]1C[C@H]1CC[C@](CC(F)F)(C(=O)N2C[C@@H]3C[C@H]2CN3c2ccnc(C(F)(F)F)c2)C1. The monoisotopic (exact) mass is 531 g/mol. The van der Waals surface area contributed by atoms with Gasteiger partial charge in [0, 0.05) is 51.2 Å². The van der Waals surface area contributed by atoms with Crippen LogP contribution in [0.5, 0.6) is 0 Å². The van der Waals surface area contributed by atoms with Crippen LogP contribution in [0.1, 0.15) is 50.6 Å². The van der Waals surface area contributed by atoms with Gasteiger partial charge in [-0.25, -0.2) is 8.78 Å². The Morgan fingerprint density at radius 2 is 2.08 bits per heavy atom.